The van der Waals surface area contributed by atoms with Gasteiger partial charge in [0.2, 0.25) is 0 Å². The third kappa shape index (κ3) is 4.18. The molecule has 9 heteroatoms. The fraction of sp³-hybridized carbons (Fsp3) is 0.400. The minimum atomic E-state index is -2.52. The number of aromatic amines is 1. The molecule has 0 aliphatic heterocycles. The number of carbonyl (C=O) groups excluding carboxylic acids is 1. The lowest BCUT2D eigenvalue weighted by Gasteiger charge is -2.29. The molecule has 2 N–H and O–H groups in total. The lowest BCUT2D eigenvalue weighted by atomic mass is 9.82. The largest absolute Gasteiger partial charge is 0.348 e. The quantitative estimate of drug-likeness (QED) is 0.688. The molecule has 1 aliphatic carbocycles. The number of benzene rings is 1. The van der Waals surface area contributed by atoms with Crippen molar-refractivity contribution < 1.29 is 13.6 Å². The summed E-state index contributed by atoms with van der Waals surface area (Å²) in [6.45, 7) is -0.529. The van der Waals surface area contributed by atoms with Crippen molar-refractivity contribution in [2.75, 3.05) is 0 Å². The van der Waals surface area contributed by atoms with E-state index in [0.29, 0.717) is 5.39 Å². The van der Waals surface area contributed by atoms with Crippen LogP contribution < -0.4 is 10.9 Å². The van der Waals surface area contributed by atoms with Crippen LogP contribution in [0.4, 0.5) is 8.78 Å². The third-order valence-corrected chi connectivity index (χ3v) is 5.37. The van der Waals surface area contributed by atoms with E-state index in [1.807, 2.05) is 18.2 Å². The van der Waals surface area contributed by atoms with E-state index < -0.39 is 13.0 Å². The predicted octanol–water partition coefficient (Wildman–Crippen LogP) is 2.84. The SMILES string of the molecule is O=C(N[C@H]1CC[C@@H](c2n[nH]c(=O)c3ccccc32)CC1)c1ccn(CC(F)F)n1. The highest BCUT2D eigenvalue weighted by atomic mass is 19.3. The van der Waals surface area contributed by atoms with Gasteiger partial charge in [-0.05, 0) is 37.8 Å². The molecule has 1 amide bonds. The average molecular weight is 401 g/mol. The zero-order valence-electron chi connectivity index (χ0n) is 15.6. The molecule has 0 atom stereocenters. The van der Waals surface area contributed by atoms with Gasteiger partial charge < -0.3 is 5.32 Å². The topological polar surface area (TPSA) is 92.7 Å². The molecule has 1 fully saturated rings. The average Bonchev–Trinajstić information content (AvgIpc) is 3.17. The number of hydrogen-bond acceptors (Lipinski definition) is 4. The predicted molar refractivity (Wildman–Crippen MR) is 103 cm³/mol. The van der Waals surface area contributed by atoms with Gasteiger partial charge in [0, 0.05) is 23.5 Å². The van der Waals surface area contributed by atoms with Crippen LogP contribution in [-0.4, -0.2) is 38.4 Å². The zero-order chi connectivity index (χ0) is 20.4. The van der Waals surface area contributed by atoms with E-state index in [0.717, 1.165) is 41.4 Å². The van der Waals surface area contributed by atoms with Gasteiger partial charge in [-0.1, -0.05) is 18.2 Å². The van der Waals surface area contributed by atoms with Crippen LogP contribution in [0.2, 0.25) is 0 Å². The van der Waals surface area contributed by atoms with E-state index >= 15 is 0 Å². The lowest BCUT2D eigenvalue weighted by Crippen LogP contribution is -2.37. The Bertz CT molecular complexity index is 1070. The molecule has 29 heavy (non-hydrogen) atoms. The van der Waals surface area contributed by atoms with Crippen molar-refractivity contribution in [3.63, 3.8) is 0 Å². The van der Waals surface area contributed by atoms with Gasteiger partial charge in [-0.25, -0.2) is 13.9 Å². The summed E-state index contributed by atoms with van der Waals surface area (Å²) in [5.41, 5.74) is 0.827. The minimum Gasteiger partial charge on any atom is -0.348 e. The van der Waals surface area contributed by atoms with Crippen molar-refractivity contribution in [1.29, 1.82) is 0 Å². The molecule has 0 bridgehead atoms. The Morgan fingerprint density at radius 3 is 2.62 bits per heavy atom. The number of rotatable bonds is 5. The van der Waals surface area contributed by atoms with Crippen LogP contribution in [0.25, 0.3) is 10.8 Å². The number of aromatic nitrogens is 4. The summed E-state index contributed by atoms with van der Waals surface area (Å²) in [7, 11) is 0. The van der Waals surface area contributed by atoms with Gasteiger partial charge in [-0.2, -0.15) is 10.2 Å². The summed E-state index contributed by atoms with van der Waals surface area (Å²) in [6, 6.07) is 8.87. The van der Waals surface area contributed by atoms with E-state index in [2.05, 4.69) is 20.6 Å². The fourth-order valence-electron chi connectivity index (χ4n) is 3.94. The summed E-state index contributed by atoms with van der Waals surface area (Å²) >= 11 is 0. The maximum absolute atomic E-state index is 12.4. The number of nitrogens with one attached hydrogen (secondary N) is 2. The Hall–Kier alpha value is -3.10. The van der Waals surface area contributed by atoms with Gasteiger partial charge in [0.15, 0.2) is 0 Å². The van der Waals surface area contributed by atoms with Crippen molar-refractivity contribution in [3.8, 4) is 0 Å². The standard InChI is InChI=1S/C20H21F2N5O2/c21-17(22)11-27-10-9-16(26-27)20(29)23-13-7-5-12(6-8-13)18-14-3-1-2-4-15(14)19(28)25-24-18/h1-4,9-10,12-13,17H,5-8,11H2,(H,23,29)(H,25,28)/t12-,13+. The minimum absolute atomic E-state index is 0.00646. The van der Waals surface area contributed by atoms with Gasteiger partial charge in [-0.3, -0.25) is 14.3 Å². The smallest absolute Gasteiger partial charge is 0.272 e. The van der Waals surface area contributed by atoms with E-state index in [1.165, 1.54) is 12.3 Å². The Morgan fingerprint density at radius 2 is 1.90 bits per heavy atom. The number of halogens is 2. The number of hydrogen-bond donors (Lipinski definition) is 2. The molecular weight excluding hydrogens is 380 g/mol. The van der Waals surface area contributed by atoms with Crippen LogP contribution in [-0.2, 0) is 6.54 Å². The molecule has 1 aliphatic rings. The summed E-state index contributed by atoms with van der Waals surface area (Å²) in [4.78, 5) is 24.3. The molecule has 2 heterocycles. The van der Waals surface area contributed by atoms with Crippen molar-refractivity contribution in [2.24, 2.45) is 0 Å². The second-order valence-electron chi connectivity index (χ2n) is 7.32. The number of alkyl halides is 2. The van der Waals surface area contributed by atoms with Crippen LogP contribution in [0, 0.1) is 0 Å². The van der Waals surface area contributed by atoms with Gasteiger partial charge in [0.1, 0.15) is 12.2 Å². The first-order valence-electron chi connectivity index (χ1n) is 9.61. The normalized spacial score (nSPS) is 19.6. The Balaban J connectivity index is 1.39. The summed E-state index contributed by atoms with van der Waals surface area (Å²) in [6.07, 6.45) is 2.05. The first-order valence-corrected chi connectivity index (χ1v) is 9.61. The molecule has 2 aromatic heterocycles. The second kappa shape index (κ2) is 8.10. The summed E-state index contributed by atoms with van der Waals surface area (Å²) in [5, 5.41) is 15.2. The first kappa shape index (κ1) is 19.2. The van der Waals surface area contributed by atoms with Crippen molar-refractivity contribution in [2.45, 2.75) is 50.6 Å². The second-order valence-corrected chi connectivity index (χ2v) is 7.32. The molecule has 152 valence electrons. The van der Waals surface area contributed by atoms with Gasteiger partial charge in [0.05, 0.1) is 11.1 Å². The number of amides is 1. The number of carbonyl (C=O) groups is 1. The lowest BCUT2D eigenvalue weighted by molar-refractivity contribution is 0.0915. The van der Waals surface area contributed by atoms with Gasteiger partial charge >= 0.3 is 0 Å². The zero-order valence-corrected chi connectivity index (χ0v) is 15.6. The van der Waals surface area contributed by atoms with Crippen molar-refractivity contribution >= 4 is 16.7 Å². The van der Waals surface area contributed by atoms with Crippen molar-refractivity contribution in [1.82, 2.24) is 25.3 Å². The van der Waals surface area contributed by atoms with Crippen molar-refractivity contribution in [3.05, 3.63) is 58.3 Å². The number of fused-ring (bicyclic) bond motifs is 1. The Kier molecular flexibility index (Phi) is 5.37. The van der Waals surface area contributed by atoms with E-state index in [-0.39, 0.29) is 29.1 Å². The Labute approximate surface area is 165 Å². The van der Waals surface area contributed by atoms with Crippen LogP contribution in [0.1, 0.15) is 47.8 Å². The molecular formula is C20H21F2N5O2. The van der Waals surface area contributed by atoms with Crippen LogP contribution >= 0.6 is 0 Å². The highest BCUT2D eigenvalue weighted by Crippen LogP contribution is 2.34. The summed E-state index contributed by atoms with van der Waals surface area (Å²) < 4.78 is 25.9. The molecule has 0 unspecified atom stereocenters. The molecule has 7 nitrogen and oxygen atoms in total. The molecule has 3 aromatic rings. The number of H-pyrrole nitrogens is 1. The van der Waals surface area contributed by atoms with Gasteiger partial charge in [-0.15, -0.1) is 0 Å². The highest BCUT2D eigenvalue weighted by Gasteiger charge is 2.26. The Morgan fingerprint density at radius 1 is 1.17 bits per heavy atom. The van der Waals surface area contributed by atoms with E-state index in [9.17, 15) is 18.4 Å². The molecule has 1 saturated carbocycles. The fourth-order valence-corrected chi connectivity index (χ4v) is 3.94. The number of nitrogens with zero attached hydrogens (tertiary/aromatic N) is 3. The maximum atomic E-state index is 12.4. The molecule has 0 radical (unpaired) electrons. The third-order valence-electron chi connectivity index (χ3n) is 5.37. The summed E-state index contributed by atoms with van der Waals surface area (Å²) in [5.74, 6) is -0.149. The molecule has 4 rings (SSSR count). The van der Waals surface area contributed by atoms with E-state index in [4.69, 9.17) is 0 Å². The highest BCUT2D eigenvalue weighted by molar-refractivity contribution is 5.92. The van der Waals surface area contributed by atoms with E-state index in [1.54, 1.807) is 6.07 Å². The molecule has 0 saturated heterocycles. The first-order chi connectivity index (χ1) is 14.0. The molecule has 0 spiro atoms. The van der Waals surface area contributed by atoms with Gasteiger partial charge in [0.25, 0.3) is 17.9 Å². The van der Waals surface area contributed by atoms with Crippen LogP contribution in [0.5, 0.6) is 0 Å². The molecule has 1 aromatic carbocycles. The maximum Gasteiger partial charge on any atom is 0.272 e. The van der Waals surface area contributed by atoms with Crippen LogP contribution in [0.15, 0.2) is 41.3 Å². The van der Waals surface area contributed by atoms with Crippen LogP contribution in [0.3, 0.4) is 0 Å². The monoisotopic (exact) mass is 401 g/mol.